The Morgan fingerprint density at radius 3 is 2.39 bits per heavy atom. The molecule has 0 saturated heterocycles. The van der Waals surface area contributed by atoms with E-state index >= 15 is 0 Å². The topological polar surface area (TPSA) is 29.1 Å². The number of carbonyl (C=O) groups excluding carboxylic acids is 1. The summed E-state index contributed by atoms with van der Waals surface area (Å²) >= 11 is 7.48. The van der Waals surface area contributed by atoms with Crippen molar-refractivity contribution >= 4 is 35.0 Å². The zero-order valence-electron chi connectivity index (χ0n) is 13.7. The highest BCUT2D eigenvalue weighted by atomic mass is 35.5. The molecule has 0 fully saturated rings. The van der Waals surface area contributed by atoms with Crippen LogP contribution in [0.3, 0.4) is 0 Å². The van der Waals surface area contributed by atoms with Crippen molar-refractivity contribution in [3.05, 3.63) is 59.1 Å². The van der Waals surface area contributed by atoms with Crippen LogP contribution >= 0.6 is 23.4 Å². The molecule has 4 heteroatoms. The third-order valence-corrected chi connectivity index (χ3v) is 5.22. The second kappa shape index (κ2) is 8.42. The molecular weight excluding hydrogens is 326 g/mol. The second-order valence-electron chi connectivity index (χ2n) is 5.70. The Kier molecular flexibility index (Phi) is 6.55. The molecule has 2 rings (SSSR count). The first kappa shape index (κ1) is 17.9. The van der Waals surface area contributed by atoms with Crippen LogP contribution in [-0.2, 0) is 4.79 Å². The van der Waals surface area contributed by atoms with Gasteiger partial charge in [-0.25, -0.2) is 0 Å². The van der Waals surface area contributed by atoms with Gasteiger partial charge in [0.25, 0.3) is 0 Å². The van der Waals surface area contributed by atoms with Gasteiger partial charge in [-0.15, -0.1) is 11.8 Å². The molecule has 0 aliphatic carbocycles. The molecular formula is C19H22ClNOS. The van der Waals surface area contributed by atoms with Gasteiger partial charge in [-0.1, -0.05) is 50.6 Å². The monoisotopic (exact) mass is 347 g/mol. The van der Waals surface area contributed by atoms with Crippen LogP contribution in [-0.4, -0.2) is 11.2 Å². The average molecular weight is 348 g/mol. The van der Waals surface area contributed by atoms with E-state index in [2.05, 4.69) is 25.2 Å². The second-order valence-corrected chi connectivity index (χ2v) is 7.41. The number of hydrogen-bond donors (Lipinski definition) is 1. The SMILES string of the molecule is CCC(Sc1ccc(Cl)cc1)C(=O)Nc1ccccc1C(C)C. The number of benzene rings is 2. The van der Waals surface area contributed by atoms with Crippen molar-refractivity contribution in [2.75, 3.05) is 5.32 Å². The summed E-state index contributed by atoms with van der Waals surface area (Å²) in [4.78, 5) is 13.7. The average Bonchev–Trinajstić information content (AvgIpc) is 2.54. The lowest BCUT2D eigenvalue weighted by atomic mass is 10.0. The largest absolute Gasteiger partial charge is 0.325 e. The van der Waals surface area contributed by atoms with Crippen molar-refractivity contribution in [1.29, 1.82) is 0 Å². The minimum Gasteiger partial charge on any atom is -0.325 e. The molecule has 0 radical (unpaired) electrons. The van der Waals surface area contributed by atoms with E-state index in [1.165, 1.54) is 0 Å². The molecule has 2 nitrogen and oxygen atoms in total. The summed E-state index contributed by atoms with van der Waals surface area (Å²) in [7, 11) is 0. The Hall–Kier alpha value is -1.45. The van der Waals surface area contributed by atoms with Crippen LogP contribution in [0.2, 0.25) is 5.02 Å². The minimum absolute atomic E-state index is 0.0422. The molecule has 0 aliphatic rings. The van der Waals surface area contributed by atoms with Crippen molar-refractivity contribution in [1.82, 2.24) is 0 Å². The Balaban J connectivity index is 2.10. The Morgan fingerprint density at radius 1 is 1.13 bits per heavy atom. The number of carbonyl (C=O) groups is 1. The molecule has 0 bridgehead atoms. The maximum absolute atomic E-state index is 12.6. The molecule has 1 amide bonds. The molecule has 0 aliphatic heterocycles. The maximum Gasteiger partial charge on any atom is 0.237 e. The standard InChI is InChI=1S/C19H22ClNOS/c1-4-18(23-15-11-9-14(20)10-12-15)19(22)21-17-8-6-5-7-16(17)13(2)3/h5-13,18H,4H2,1-3H3,(H,21,22). The Labute approximate surface area is 147 Å². The molecule has 0 saturated carbocycles. The summed E-state index contributed by atoms with van der Waals surface area (Å²) in [6.45, 7) is 6.29. The normalized spacial score (nSPS) is 12.2. The lowest BCUT2D eigenvalue weighted by molar-refractivity contribution is -0.115. The Bertz CT molecular complexity index is 655. The summed E-state index contributed by atoms with van der Waals surface area (Å²) in [5.41, 5.74) is 2.06. The Morgan fingerprint density at radius 2 is 1.78 bits per heavy atom. The molecule has 0 spiro atoms. The van der Waals surface area contributed by atoms with Gasteiger partial charge in [-0.2, -0.15) is 0 Å². The quantitative estimate of drug-likeness (QED) is 0.652. The van der Waals surface area contributed by atoms with Gasteiger partial charge in [0.1, 0.15) is 0 Å². The lowest BCUT2D eigenvalue weighted by Gasteiger charge is -2.18. The van der Waals surface area contributed by atoms with Crippen molar-refractivity contribution in [3.8, 4) is 0 Å². The first-order valence-electron chi connectivity index (χ1n) is 7.83. The lowest BCUT2D eigenvalue weighted by Crippen LogP contribution is -2.25. The summed E-state index contributed by atoms with van der Waals surface area (Å²) in [5, 5.41) is 3.67. The minimum atomic E-state index is -0.128. The van der Waals surface area contributed by atoms with E-state index in [1.54, 1.807) is 11.8 Å². The number of thioether (sulfide) groups is 1. The van der Waals surface area contributed by atoms with Crippen LogP contribution in [0.4, 0.5) is 5.69 Å². The first-order valence-corrected chi connectivity index (χ1v) is 9.09. The van der Waals surface area contributed by atoms with Gasteiger partial charge in [0, 0.05) is 15.6 Å². The van der Waals surface area contributed by atoms with Gasteiger partial charge in [-0.3, -0.25) is 4.79 Å². The summed E-state index contributed by atoms with van der Waals surface area (Å²) < 4.78 is 0. The van der Waals surface area contributed by atoms with Crippen LogP contribution in [0.1, 0.15) is 38.7 Å². The molecule has 0 heterocycles. The molecule has 1 atom stereocenters. The third kappa shape index (κ3) is 5.02. The number of anilines is 1. The fraction of sp³-hybridized carbons (Fsp3) is 0.316. The van der Waals surface area contributed by atoms with Crippen molar-refractivity contribution in [2.24, 2.45) is 0 Å². The van der Waals surface area contributed by atoms with Gasteiger partial charge in [0.15, 0.2) is 0 Å². The molecule has 2 aromatic carbocycles. The van der Waals surface area contributed by atoms with E-state index in [9.17, 15) is 4.79 Å². The fourth-order valence-electron chi connectivity index (χ4n) is 2.33. The molecule has 1 N–H and O–H groups in total. The van der Waals surface area contributed by atoms with E-state index in [-0.39, 0.29) is 11.2 Å². The number of amides is 1. The third-order valence-electron chi connectivity index (χ3n) is 3.60. The highest BCUT2D eigenvalue weighted by molar-refractivity contribution is 8.00. The maximum atomic E-state index is 12.6. The van der Waals surface area contributed by atoms with Gasteiger partial charge < -0.3 is 5.32 Å². The number of para-hydroxylation sites is 1. The number of hydrogen-bond acceptors (Lipinski definition) is 2. The molecule has 23 heavy (non-hydrogen) atoms. The van der Waals surface area contributed by atoms with Gasteiger partial charge in [0.05, 0.1) is 5.25 Å². The van der Waals surface area contributed by atoms with Crippen molar-refractivity contribution in [2.45, 2.75) is 43.3 Å². The zero-order valence-corrected chi connectivity index (χ0v) is 15.2. The van der Waals surface area contributed by atoms with Crippen LogP contribution in [0.5, 0.6) is 0 Å². The van der Waals surface area contributed by atoms with Gasteiger partial charge >= 0.3 is 0 Å². The van der Waals surface area contributed by atoms with Crippen molar-refractivity contribution < 1.29 is 4.79 Å². The fourth-order valence-corrected chi connectivity index (χ4v) is 3.41. The summed E-state index contributed by atoms with van der Waals surface area (Å²) in [6, 6.07) is 15.6. The first-order chi connectivity index (χ1) is 11.0. The predicted octanol–water partition coefficient (Wildman–Crippen LogP) is 5.97. The number of rotatable bonds is 6. The highest BCUT2D eigenvalue weighted by Crippen LogP contribution is 2.29. The van der Waals surface area contributed by atoms with E-state index in [0.717, 1.165) is 22.6 Å². The van der Waals surface area contributed by atoms with E-state index < -0.39 is 0 Å². The summed E-state index contributed by atoms with van der Waals surface area (Å²) in [6.07, 6.45) is 0.767. The van der Waals surface area contributed by atoms with Crippen LogP contribution in [0.15, 0.2) is 53.4 Å². The van der Waals surface area contributed by atoms with Gasteiger partial charge in [0.2, 0.25) is 5.91 Å². The smallest absolute Gasteiger partial charge is 0.237 e. The van der Waals surface area contributed by atoms with Crippen LogP contribution in [0.25, 0.3) is 0 Å². The van der Waals surface area contributed by atoms with Crippen molar-refractivity contribution in [3.63, 3.8) is 0 Å². The van der Waals surface area contributed by atoms with Crippen LogP contribution in [0, 0.1) is 0 Å². The summed E-state index contributed by atoms with van der Waals surface area (Å²) in [5.74, 6) is 0.413. The van der Waals surface area contributed by atoms with Crippen LogP contribution < -0.4 is 5.32 Å². The molecule has 1 unspecified atom stereocenters. The predicted molar refractivity (Wildman–Crippen MR) is 101 cm³/mol. The zero-order chi connectivity index (χ0) is 16.8. The van der Waals surface area contributed by atoms with E-state index in [0.29, 0.717) is 10.9 Å². The van der Waals surface area contributed by atoms with E-state index in [4.69, 9.17) is 11.6 Å². The van der Waals surface area contributed by atoms with E-state index in [1.807, 2.05) is 49.4 Å². The van der Waals surface area contributed by atoms with Gasteiger partial charge in [-0.05, 0) is 48.2 Å². The number of nitrogens with one attached hydrogen (secondary N) is 1. The molecule has 122 valence electrons. The molecule has 0 aromatic heterocycles. The molecule has 2 aromatic rings. The highest BCUT2D eigenvalue weighted by Gasteiger charge is 2.19. The number of halogens is 1.